The SMILES string of the molecule is CC(C)N1CCCN(S(C)(=O)=O)c2cc(Cl)ccc2CN(C(=O)CCc2ccc3c(c2)n(C)c(=O)n3C)CC1. The van der Waals surface area contributed by atoms with Crippen LogP contribution in [0.25, 0.3) is 11.0 Å². The van der Waals surface area contributed by atoms with E-state index in [1.807, 2.05) is 29.2 Å². The molecule has 9 nitrogen and oxygen atoms in total. The van der Waals surface area contributed by atoms with E-state index in [0.29, 0.717) is 49.6 Å². The van der Waals surface area contributed by atoms with Crippen molar-refractivity contribution in [3.8, 4) is 0 Å². The number of amides is 1. The maximum Gasteiger partial charge on any atom is 0.328 e. The number of imidazole rings is 1. The lowest BCUT2D eigenvalue weighted by atomic mass is 10.1. The zero-order valence-electron chi connectivity index (χ0n) is 23.4. The van der Waals surface area contributed by atoms with Gasteiger partial charge in [0.25, 0.3) is 0 Å². The highest BCUT2D eigenvalue weighted by Crippen LogP contribution is 2.29. The van der Waals surface area contributed by atoms with Gasteiger partial charge in [0.2, 0.25) is 15.9 Å². The topological polar surface area (TPSA) is 87.9 Å². The van der Waals surface area contributed by atoms with Gasteiger partial charge in [0.1, 0.15) is 0 Å². The van der Waals surface area contributed by atoms with Crippen LogP contribution in [0.4, 0.5) is 5.69 Å². The van der Waals surface area contributed by atoms with Gasteiger partial charge < -0.3 is 4.90 Å². The second kappa shape index (κ2) is 11.7. The number of hydrogen-bond acceptors (Lipinski definition) is 5. The Morgan fingerprint density at radius 1 is 0.974 bits per heavy atom. The van der Waals surface area contributed by atoms with Crippen molar-refractivity contribution in [3.63, 3.8) is 0 Å². The van der Waals surface area contributed by atoms with Crippen LogP contribution < -0.4 is 9.99 Å². The van der Waals surface area contributed by atoms with E-state index in [1.54, 1.807) is 35.4 Å². The van der Waals surface area contributed by atoms with Gasteiger partial charge in [-0.25, -0.2) is 13.2 Å². The molecule has 2 heterocycles. The lowest BCUT2D eigenvalue weighted by Crippen LogP contribution is -2.41. The summed E-state index contributed by atoms with van der Waals surface area (Å²) in [7, 11) is -0.0563. The highest BCUT2D eigenvalue weighted by molar-refractivity contribution is 7.92. The van der Waals surface area contributed by atoms with E-state index in [9.17, 15) is 18.0 Å². The first kappa shape index (κ1) is 29.2. The monoisotopic (exact) mass is 575 g/mol. The van der Waals surface area contributed by atoms with Gasteiger partial charge in [-0.05, 0) is 62.1 Å². The second-order valence-corrected chi connectivity index (χ2v) is 13.0. The minimum absolute atomic E-state index is 0.00759. The summed E-state index contributed by atoms with van der Waals surface area (Å²) in [4.78, 5) is 30.0. The molecule has 0 fully saturated rings. The van der Waals surface area contributed by atoms with E-state index in [0.717, 1.165) is 28.7 Å². The molecule has 1 aromatic heterocycles. The van der Waals surface area contributed by atoms with E-state index < -0.39 is 10.0 Å². The Hall–Kier alpha value is -2.82. The number of aryl methyl sites for hydroxylation is 3. The summed E-state index contributed by atoms with van der Waals surface area (Å²) in [6.45, 7) is 6.80. The van der Waals surface area contributed by atoms with Crippen molar-refractivity contribution < 1.29 is 13.2 Å². The number of sulfonamides is 1. The lowest BCUT2D eigenvalue weighted by Gasteiger charge is -2.30. The van der Waals surface area contributed by atoms with Crippen LogP contribution in [0.5, 0.6) is 0 Å². The highest BCUT2D eigenvalue weighted by Gasteiger charge is 2.25. The molecule has 0 saturated carbocycles. The molecule has 2 aromatic carbocycles. The van der Waals surface area contributed by atoms with Crippen LogP contribution in [0.1, 0.15) is 37.8 Å². The number of aromatic nitrogens is 2. The third-order valence-corrected chi connectivity index (χ3v) is 9.00. The predicted octanol–water partition coefficient (Wildman–Crippen LogP) is 3.37. The van der Waals surface area contributed by atoms with Crippen LogP contribution in [-0.4, -0.2) is 71.7 Å². The van der Waals surface area contributed by atoms with Gasteiger partial charge in [-0.1, -0.05) is 23.7 Å². The largest absolute Gasteiger partial charge is 0.337 e. The minimum atomic E-state index is -3.55. The number of anilines is 1. The molecule has 3 aromatic rings. The number of hydrogen-bond donors (Lipinski definition) is 0. The Kier molecular flexibility index (Phi) is 8.78. The fraction of sp³-hybridized carbons (Fsp3) is 0.500. The fourth-order valence-corrected chi connectivity index (χ4v) is 6.43. The molecular formula is C28H38ClN5O4S. The summed E-state index contributed by atoms with van der Waals surface area (Å²) in [5, 5.41) is 0.449. The van der Waals surface area contributed by atoms with E-state index >= 15 is 0 Å². The molecule has 1 aliphatic heterocycles. The first-order valence-corrected chi connectivity index (χ1v) is 15.5. The molecule has 0 spiro atoms. The maximum atomic E-state index is 13.6. The Morgan fingerprint density at radius 3 is 2.38 bits per heavy atom. The molecule has 0 radical (unpaired) electrons. The van der Waals surface area contributed by atoms with Gasteiger partial charge in [-0.3, -0.25) is 23.1 Å². The highest BCUT2D eigenvalue weighted by atomic mass is 35.5. The van der Waals surface area contributed by atoms with Gasteiger partial charge in [-0.2, -0.15) is 0 Å². The summed E-state index contributed by atoms with van der Waals surface area (Å²) in [6.07, 6.45) is 2.70. The first-order chi connectivity index (χ1) is 18.4. The Labute approximate surface area is 235 Å². The molecule has 212 valence electrons. The molecule has 1 aliphatic rings. The van der Waals surface area contributed by atoms with Crippen molar-refractivity contribution in [1.82, 2.24) is 18.9 Å². The van der Waals surface area contributed by atoms with Crippen molar-refractivity contribution >= 4 is 44.3 Å². The zero-order chi connectivity index (χ0) is 28.5. The lowest BCUT2D eigenvalue weighted by molar-refractivity contribution is -0.132. The smallest absolute Gasteiger partial charge is 0.328 e. The van der Waals surface area contributed by atoms with Crippen LogP contribution >= 0.6 is 11.6 Å². The summed E-state index contributed by atoms with van der Waals surface area (Å²) >= 11 is 6.30. The molecule has 0 N–H and O–H groups in total. The molecule has 0 unspecified atom stereocenters. The zero-order valence-corrected chi connectivity index (χ0v) is 24.9. The Balaban J connectivity index is 1.62. The van der Waals surface area contributed by atoms with Gasteiger partial charge in [0.05, 0.1) is 23.0 Å². The minimum Gasteiger partial charge on any atom is -0.337 e. The Bertz CT molecular complexity index is 1530. The standard InChI is InChI=1S/C28H38ClN5O4S/c1-20(2)32-13-6-14-34(39(5,37)38)25-18-23(29)10-9-22(25)19-33(16-15-32)27(35)12-8-21-7-11-24-26(17-21)31(4)28(36)30(24)3/h7,9-11,17-18,20H,6,8,12-16,19H2,1-5H3. The van der Waals surface area contributed by atoms with Crippen molar-refractivity contribution in [3.05, 3.63) is 63.0 Å². The van der Waals surface area contributed by atoms with Crippen molar-refractivity contribution in [2.45, 2.75) is 45.7 Å². The van der Waals surface area contributed by atoms with Crippen LogP contribution in [0, 0.1) is 0 Å². The number of fused-ring (bicyclic) bond motifs is 2. The summed E-state index contributed by atoms with van der Waals surface area (Å²) in [6, 6.07) is 11.3. The van der Waals surface area contributed by atoms with Crippen molar-refractivity contribution in [2.75, 3.05) is 36.7 Å². The van der Waals surface area contributed by atoms with Gasteiger partial charge >= 0.3 is 5.69 Å². The Morgan fingerprint density at radius 2 is 1.69 bits per heavy atom. The molecule has 0 bridgehead atoms. The van der Waals surface area contributed by atoms with Crippen molar-refractivity contribution in [1.29, 1.82) is 0 Å². The summed E-state index contributed by atoms with van der Waals surface area (Å²) in [5.74, 6) is -0.00759. The number of benzene rings is 2. The third-order valence-electron chi connectivity index (χ3n) is 7.59. The quantitative estimate of drug-likeness (QED) is 0.465. The van der Waals surface area contributed by atoms with E-state index in [4.69, 9.17) is 11.6 Å². The molecule has 0 saturated heterocycles. The molecule has 1 amide bonds. The van der Waals surface area contributed by atoms with Gasteiger partial charge in [0, 0.05) is 64.3 Å². The molecule has 11 heteroatoms. The average molecular weight is 576 g/mol. The summed E-state index contributed by atoms with van der Waals surface area (Å²) < 4.78 is 30.3. The van der Waals surface area contributed by atoms with Crippen LogP contribution in [-0.2, 0) is 41.9 Å². The number of nitrogens with zero attached hydrogens (tertiary/aromatic N) is 5. The van der Waals surface area contributed by atoms with E-state index in [-0.39, 0.29) is 24.2 Å². The number of rotatable bonds is 5. The number of carbonyl (C=O) groups excluding carboxylic acids is 1. The molecule has 0 aliphatic carbocycles. The predicted molar refractivity (Wildman–Crippen MR) is 157 cm³/mol. The maximum absolute atomic E-state index is 13.6. The van der Waals surface area contributed by atoms with Gasteiger partial charge in [-0.15, -0.1) is 0 Å². The van der Waals surface area contributed by atoms with Crippen LogP contribution in [0.2, 0.25) is 5.02 Å². The molecular weight excluding hydrogens is 538 g/mol. The first-order valence-electron chi connectivity index (χ1n) is 13.3. The van der Waals surface area contributed by atoms with Crippen LogP contribution in [0.3, 0.4) is 0 Å². The molecule has 4 rings (SSSR count). The van der Waals surface area contributed by atoms with E-state index in [1.165, 1.54) is 10.6 Å². The number of carbonyl (C=O) groups is 1. The van der Waals surface area contributed by atoms with E-state index in [2.05, 4.69) is 18.7 Å². The molecule has 39 heavy (non-hydrogen) atoms. The fourth-order valence-electron chi connectivity index (χ4n) is 5.28. The van der Waals surface area contributed by atoms with Gasteiger partial charge in [0.15, 0.2) is 0 Å². The normalized spacial score (nSPS) is 16.0. The molecule has 0 atom stereocenters. The van der Waals surface area contributed by atoms with Crippen molar-refractivity contribution in [2.24, 2.45) is 14.1 Å². The second-order valence-electron chi connectivity index (χ2n) is 10.6. The van der Waals surface area contributed by atoms with Crippen LogP contribution in [0.15, 0.2) is 41.2 Å². The third kappa shape index (κ3) is 6.50. The summed E-state index contributed by atoms with van der Waals surface area (Å²) in [5.41, 5.74) is 3.85. The number of halogens is 1. The average Bonchev–Trinajstić information content (AvgIpc) is 3.07.